The fraction of sp³-hybridized carbons (Fsp3) is 0.400. The van der Waals surface area contributed by atoms with Gasteiger partial charge in [-0.1, -0.05) is 6.92 Å². The Hall–Kier alpha value is -1.58. The van der Waals surface area contributed by atoms with Crippen molar-refractivity contribution in [3.63, 3.8) is 0 Å². The van der Waals surface area contributed by atoms with Crippen LogP contribution in [0.4, 0.5) is 5.82 Å². The molecule has 1 aromatic rings. The van der Waals surface area contributed by atoms with Gasteiger partial charge in [-0.3, -0.25) is 0 Å². The molecule has 0 aliphatic rings. The molecule has 0 amide bonds. The Balaban J connectivity index is 2.91. The maximum atomic E-state index is 10.3. The van der Waals surface area contributed by atoms with Gasteiger partial charge in [0.2, 0.25) is 0 Å². The van der Waals surface area contributed by atoms with Crippen LogP contribution in [0.25, 0.3) is 0 Å². The van der Waals surface area contributed by atoms with Gasteiger partial charge in [0.1, 0.15) is 0 Å². The zero-order valence-electron chi connectivity index (χ0n) is 8.37. The molecule has 0 aromatic carbocycles. The summed E-state index contributed by atoms with van der Waals surface area (Å²) in [7, 11) is 0. The molecule has 1 heterocycles. The first-order valence-electron chi connectivity index (χ1n) is 4.53. The van der Waals surface area contributed by atoms with Crippen molar-refractivity contribution in [3.8, 4) is 0 Å². The van der Waals surface area contributed by atoms with Gasteiger partial charge in [0.15, 0.2) is 5.82 Å². The van der Waals surface area contributed by atoms with Gasteiger partial charge < -0.3 is 5.41 Å². The zero-order chi connectivity index (χ0) is 10.6. The van der Waals surface area contributed by atoms with Crippen LogP contribution >= 0.6 is 0 Å². The molecular weight excluding hydrogens is 178 g/mol. The van der Waals surface area contributed by atoms with Crippen LogP contribution in [0, 0.1) is 17.2 Å². The summed E-state index contributed by atoms with van der Waals surface area (Å²) < 4.78 is 0. The summed E-state index contributed by atoms with van der Waals surface area (Å²) in [5.74, 6) is 0.198. The van der Waals surface area contributed by atoms with Crippen molar-refractivity contribution in [1.29, 1.82) is 5.41 Å². The van der Waals surface area contributed by atoms with Crippen molar-refractivity contribution in [3.05, 3.63) is 28.3 Å². The Labute approximate surface area is 82.9 Å². The molecule has 14 heavy (non-hydrogen) atoms. The summed E-state index contributed by atoms with van der Waals surface area (Å²) in [4.78, 5) is 14.2. The molecule has 0 atom stereocenters. The molecule has 0 saturated carbocycles. The highest BCUT2D eigenvalue weighted by atomic mass is 16.3. The number of nitrogens with one attached hydrogen (secondary N) is 1. The highest BCUT2D eigenvalue weighted by Gasteiger charge is 2.02. The van der Waals surface area contributed by atoms with Crippen molar-refractivity contribution >= 4 is 11.5 Å². The van der Waals surface area contributed by atoms with E-state index in [0.717, 1.165) is 17.7 Å². The van der Waals surface area contributed by atoms with E-state index in [2.05, 4.69) is 10.2 Å². The molecule has 1 rings (SSSR count). The molecule has 1 aromatic heterocycles. The minimum absolute atomic E-state index is 0.198. The predicted molar refractivity (Wildman–Crippen MR) is 56.2 cm³/mol. The summed E-state index contributed by atoms with van der Waals surface area (Å²) >= 11 is 0. The van der Waals surface area contributed by atoms with Gasteiger partial charge in [0.05, 0.1) is 0 Å². The SMILES string of the molecule is CCC(=N)Cc1cc(C)nc(N=O)c1. The third-order valence-electron chi connectivity index (χ3n) is 1.94. The van der Waals surface area contributed by atoms with E-state index < -0.39 is 0 Å². The highest BCUT2D eigenvalue weighted by molar-refractivity contribution is 5.83. The topological polar surface area (TPSA) is 66.2 Å². The van der Waals surface area contributed by atoms with E-state index in [1.165, 1.54) is 0 Å². The average Bonchev–Trinajstić information content (AvgIpc) is 2.16. The average molecular weight is 191 g/mol. The lowest BCUT2D eigenvalue weighted by Gasteiger charge is -2.02. The van der Waals surface area contributed by atoms with Gasteiger partial charge in [-0.05, 0) is 36.2 Å². The van der Waals surface area contributed by atoms with Crippen molar-refractivity contribution in [2.75, 3.05) is 0 Å². The van der Waals surface area contributed by atoms with Gasteiger partial charge in [-0.2, -0.15) is 0 Å². The van der Waals surface area contributed by atoms with Crippen LogP contribution in [0.15, 0.2) is 17.3 Å². The number of nitroso groups, excluding NO2 is 1. The lowest BCUT2D eigenvalue weighted by molar-refractivity contribution is 1.11. The molecule has 0 aliphatic heterocycles. The molecule has 0 aliphatic carbocycles. The van der Waals surface area contributed by atoms with E-state index in [4.69, 9.17) is 5.41 Å². The lowest BCUT2D eigenvalue weighted by Crippen LogP contribution is -2.00. The van der Waals surface area contributed by atoms with Crippen molar-refractivity contribution in [2.45, 2.75) is 26.7 Å². The van der Waals surface area contributed by atoms with Gasteiger partial charge >= 0.3 is 0 Å². The second-order valence-corrected chi connectivity index (χ2v) is 3.20. The van der Waals surface area contributed by atoms with Crippen LogP contribution in [0.1, 0.15) is 24.6 Å². The number of hydrogen-bond donors (Lipinski definition) is 1. The van der Waals surface area contributed by atoms with Crippen LogP contribution in [0.3, 0.4) is 0 Å². The Morgan fingerprint density at radius 1 is 1.57 bits per heavy atom. The van der Waals surface area contributed by atoms with Gasteiger partial charge in [0, 0.05) is 17.8 Å². The summed E-state index contributed by atoms with van der Waals surface area (Å²) in [6, 6.07) is 3.50. The summed E-state index contributed by atoms with van der Waals surface area (Å²) in [6.07, 6.45) is 1.30. The minimum atomic E-state index is 0.198. The van der Waals surface area contributed by atoms with Crippen molar-refractivity contribution in [1.82, 2.24) is 4.98 Å². The Morgan fingerprint density at radius 2 is 2.29 bits per heavy atom. The minimum Gasteiger partial charge on any atom is -0.309 e. The first-order valence-corrected chi connectivity index (χ1v) is 4.53. The second kappa shape index (κ2) is 4.60. The molecule has 0 spiro atoms. The summed E-state index contributed by atoms with van der Waals surface area (Å²) in [5, 5.41) is 10.3. The van der Waals surface area contributed by atoms with Gasteiger partial charge in [-0.15, -0.1) is 4.91 Å². The number of pyridine rings is 1. The fourth-order valence-corrected chi connectivity index (χ4v) is 1.24. The quantitative estimate of drug-likeness (QED) is 0.587. The van der Waals surface area contributed by atoms with Crippen LogP contribution in [0.5, 0.6) is 0 Å². The van der Waals surface area contributed by atoms with E-state index in [1.807, 2.05) is 19.9 Å². The van der Waals surface area contributed by atoms with E-state index in [0.29, 0.717) is 12.1 Å². The Bertz CT molecular complexity index is 360. The van der Waals surface area contributed by atoms with Crippen molar-refractivity contribution in [2.24, 2.45) is 5.18 Å². The number of aryl methyl sites for hydroxylation is 1. The molecular formula is C10H13N3O. The summed E-state index contributed by atoms with van der Waals surface area (Å²) in [6.45, 7) is 3.75. The second-order valence-electron chi connectivity index (χ2n) is 3.20. The van der Waals surface area contributed by atoms with Gasteiger partial charge in [0.25, 0.3) is 0 Å². The van der Waals surface area contributed by atoms with Crippen LogP contribution in [0.2, 0.25) is 0 Å². The predicted octanol–water partition coefficient (Wildman–Crippen LogP) is 2.76. The van der Waals surface area contributed by atoms with Crippen LogP contribution in [-0.2, 0) is 6.42 Å². The zero-order valence-corrected chi connectivity index (χ0v) is 8.37. The number of aromatic nitrogens is 1. The number of rotatable bonds is 4. The fourth-order valence-electron chi connectivity index (χ4n) is 1.24. The third kappa shape index (κ3) is 2.73. The van der Waals surface area contributed by atoms with E-state index in [9.17, 15) is 4.91 Å². The molecule has 0 bridgehead atoms. The molecule has 0 unspecified atom stereocenters. The van der Waals surface area contributed by atoms with E-state index in [-0.39, 0.29) is 5.82 Å². The normalized spacial score (nSPS) is 9.86. The third-order valence-corrected chi connectivity index (χ3v) is 1.94. The summed E-state index contributed by atoms with van der Waals surface area (Å²) in [5.41, 5.74) is 2.34. The van der Waals surface area contributed by atoms with Crippen molar-refractivity contribution < 1.29 is 0 Å². The highest BCUT2D eigenvalue weighted by Crippen LogP contribution is 2.13. The smallest absolute Gasteiger partial charge is 0.196 e. The molecule has 0 saturated heterocycles. The standard InChI is InChI=1S/C10H13N3O/c1-3-9(11)5-8-4-7(2)12-10(6-8)13-14/h4,6,11H,3,5H2,1-2H3. The Kier molecular flexibility index (Phi) is 3.45. The molecule has 0 fully saturated rings. The molecule has 0 radical (unpaired) electrons. The van der Waals surface area contributed by atoms with E-state index in [1.54, 1.807) is 6.07 Å². The lowest BCUT2D eigenvalue weighted by atomic mass is 10.1. The van der Waals surface area contributed by atoms with Gasteiger partial charge in [-0.25, -0.2) is 4.98 Å². The molecule has 74 valence electrons. The number of hydrogen-bond acceptors (Lipinski definition) is 4. The first-order chi connectivity index (χ1) is 6.65. The monoisotopic (exact) mass is 191 g/mol. The molecule has 1 N–H and O–H groups in total. The number of nitrogens with zero attached hydrogens (tertiary/aromatic N) is 2. The van der Waals surface area contributed by atoms with Crippen LogP contribution < -0.4 is 0 Å². The molecule has 4 nitrogen and oxygen atoms in total. The largest absolute Gasteiger partial charge is 0.309 e. The molecule has 4 heteroatoms. The van der Waals surface area contributed by atoms with Crippen LogP contribution in [-0.4, -0.2) is 10.7 Å². The first kappa shape index (κ1) is 10.5. The maximum absolute atomic E-state index is 10.3. The Morgan fingerprint density at radius 3 is 2.86 bits per heavy atom. The van der Waals surface area contributed by atoms with E-state index >= 15 is 0 Å². The maximum Gasteiger partial charge on any atom is 0.196 e.